The molecule has 104 valence electrons. The van der Waals surface area contributed by atoms with Crippen LogP contribution in [0.1, 0.15) is 17.3 Å². The maximum atomic E-state index is 12.3. The normalized spacial score (nSPS) is 10.3. The van der Waals surface area contributed by atoms with Crippen LogP contribution >= 0.6 is 11.8 Å². The van der Waals surface area contributed by atoms with Gasteiger partial charge in [0.1, 0.15) is 5.75 Å². The first kappa shape index (κ1) is 14.4. The smallest absolute Gasteiger partial charge is 0.266 e. The highest BCUT2D eigenvalue weighted by atomic mass is 32.2. The fourth-order valence-electron chi connectivity index (χ4n) is 1.80. The SMILES string of the molecule is CCSC(=O)c1cccn(-c2ccc(OC)cc2)c1=O. The second kappa shape index (κ2) is 6.43. The van der Waals surface area contributed by atoms with Gasteiger partial charge in [-0.15, -0.1) is 0 Å². The Kier molecular flexibility index (Phi) is 4.63. The van der Waals surface area contributed by atoms with E-state index in [1.165, 1.54) is 4.57 Å². The van der Waals surface area contributed by atoms with E-state index in [1.807, 2.05) is 6.92 Å². The van der Waals surface area contributed by atoms with Gasteiger partial charge in [0.25, 0.3) is 5.56 Å². The number of carbonyl (C=O) groups is 1. The van der Waals surface area contributed by atoms with E-state index in [1.54, 1.807) is 49.7 Å². The Bertz CT molecular complexity index is 662. The highest BCUT2D eigenvalue weighted by Crippen LogP contribution is 2.14. The van der Waals surface area contributed by atoms with E-state index in [4.69, 9.17) is 4.74 Å². The van der Waals surface area contributed by atoms with Crippen molar-refractivity contribution in [2.45, 2.75) is 6.92 Å². The summed E-state index contributed by atoms with van der Waals surface area (Å²) in [6, 6.07) is 10.4. The zero-order chi connectivity index (χ0) is 14.5. The number of hydrogen-bond donors (Lipinski definition) is 0. The molecule has 20 heavy (non-hydrogen) atoms. The minimum atomic E-state index is -0.302. The molecule has 0 N–H and O–H groups in total. The molecule has 2 aromatic rings. The Morgan fingerprint density at radius 3 is 2.55 bits per heavy atom. The first-order valence-electron chi connectivity index (χ1n) is 6.20. The summed E-state index contributed by atoms with van der Waals surface area (Å²) in [6.07, 6.45) is 1.65. The van der Waals surface area contributed by atoms with Crippen LogP contribution in [0.3, 0.4) is 0 Å². The molecule has 0 aliphatic heterocycles. The van der Waals surface area contributed by atoms with Crippen LogP contribution in [-0.2, 0) is 0 Å². The molecule has 0 spiro atoms. The third kappa shape index (κ3) is 2.93. The van der Waals surface area contributed by atoms with Gasteiger partial charge in [0.2, 0.25) is 5.12 Å². The van der Waals surface area contributed by atoms with Crippen molar-refractivity contribution in [3.8, 4) is 11.4 Å². The number of carbonyl (C=O) groups excluding carboxylic acids is 1. The maximum absolute atomic E-state index is 12.3. The minimum absolute atomic E-state index is 0.194. The predicted octanol–water partition coefficient (Wildman–Crippen LogP) is 2.74. The van der Waals surface area contributed by atoms with Crippen LogP contribution in [0.4, 0.5) is 0 Å². The number of rotatable bonds is 4. The van der Waals surface area contributed by atoms with Gasteiger partial charge in [0, 0.05) is 11.9 Å². The van der Waals surface area contributed by atoms with Crippen LogP contribution in [0.15, 0.2) is 47.4 Å². The number of methoxy groups -OCH3 is 1. The lowest BCUT2D eigenvalue weighted by Crippen LogP contribution is -2.23. The van der Waals surface area contributed by atoms with Crippen molar-refractivity contribution in [1.82, 2.24) is 4.57 Å². The molecule has 0 saturated carbocycles. The molecule has 0 aliphatic rings. The Balaban J connectivity index is 2.44. The van der Waals surface area contributed by atoms with E-state index in [0.717, 1.165) is 17.5 Å². The van der Waals surface area contributed by atoms with E-state index in [0.29, 0.717) is 11.4 Å². The van der Waals surface area contributed by atoms with Crippen LogP contribution in [0, 0.1) is 0 Å². The third-order valence-corrected chi connectivity index (χ3v) is 3.56. The number of thioether (sulfide) groups is 1. The molecule has 0 bridgehead atoms. The molecule has 5 heteroatoms. The summed E-state index contributed by atoms with van der Waals surface area (Å²) in [5.74, 6) is 1.37. The predicted molar refractivity (Wildman–Crippen MR) is 81.1 cm³/mol. The Morgan fingerprint density at radius 1 is 1.25 bits per heavy atom. The molecule has 0 unspecified atom stereocenters. The Hall–Kier alpha value is -2.01. The molecule has 1 aromatic carbocycles. The second-order valence-electron chi connectivity index (χ2n) is 4.02. The quantitative estimate of drug-likeness (QED) is 0.868. The van der Waals surface area contributed by atoms with Crippen LogP contribution in [0.2, 0.25) is 0 Å². The molecule has 0 radical (unpaired) electrons. The van der Waals surface area contributed by atoms with E-state index >= 15 is 0 Å². The molecular formula is C15H15NO3S. The number of nitrogens with zero attached hydrogens (tertiary/aromatic N) is 1. The fourth-order valence-corrected chi connectivity index (χ4v) is 2.38. The number of ether oxygens (including phenoxy) is 1. The minimum Gasteiger partial charge on any atom is -0.497 e. The van der Waals surface area contributed by atoms with Crippen molar-refractivity contribution < 1.29 is 9.53 Å². The van der Waals surface area contributed by atoms with E-state index in [9.17, 15) is 9.59 Å². The highest BCUT2D eigenvalue weighted by molar-refractivity contribution is 8.14. The van der Waals surface area contributed by atoms with Crippen molar-refractivity contribution in [1.29, 1.82) is 0 Å². The molecule has 0 saturated heterocycles. The zero-order valence-electron chi connectivity index (χ0n) is 11.3. The summed E-state index contributed by atoms with van der Waals surface area (Å²) >= 11 is 1.14. The molecule has 1 heterocycles. The van der Waals surface area contributed by atoms with E-state index in [-0.39, 0.29) is 16.2 Å². The summed E-state index contributed by atoms with van der Waals surface area (Å²) in [7, 11) is 1.59. The number of hydrogen-bond acceptors (Lipinski definition) is 4. The summed E-state index contributed by atoms with van der Waals surface area (Å²) in [5, 5.41) is -0.194. The topological polar surface area (TPSA) is 48.3 Å². The monoisotopic (exact) mass is 289 g/mol. The largest absolute Gasteiger partial charge is 0.497 e. The fraction of sp³-hybridized carbons (Fsp3) is 0.200. The van der Waals surface area contributed by atoms with Gasteiger partial charge in [-0.05, 0) is 42.2 Å². The molecule has 0 fully saturated rings. The van der Waals surface area contributed by atoms with Crippen LogP contribution < -0.4 is 10.3 Å². The Morgan fingerprint density at radius 2 is 1.95 bits per heavy atom. The van der Waals surface area contributed by atoms with Crippen LogP contribution in [0.25, 0.3) is 5.69 Å². The summed E-state index contributed by atoms with van der Waals surface area (Å²) < 4.78 is 6.55. The van der Waals surface area contributed by atoms with Gasteiger partial charge in [0.15, 0.2) is 0 Å². The van der Waals surface area contributed by atoms with E-state index < -0.39 is 0 Å². The number of pyridine rings is 1. The van der Waals surface area contributed by atoms with Crippen molar-refractivity contribution in [2.75, 3.05) is 12.9 Å². The third-order valence-electron chi connectivity index (χ3n) is 2.79. The van der Waals surface area contributed by atoms with Crippen molar-refractivity contribution in [3.05, 3.63) is 58.5 Å². The average molecular weight is 289 g/mol. The van der Waals surface area contributed by atoms with Gasteiger partial charge in [-0.1, -0.05) is 18.7 Å². The summed E-state index contributed by atoms with van der Waals surface area (Å²) in [5.41, 5.74) is 0.603. The molecular weight excluding hydrogens is 274 g/mol. The van der Waals surface area contributed by atoms with Gasteiger partial charge < -0.3 is 4.74 Å². The Labute approximate surface area is 121 Å². The van der Waals surface area contributed by atoms with Gasteiger partial charge in [0.05, 0.1) is 12.7 Å². The molecule has 4 nitrogen and oxygen atoms in total. The van der Waals surface area contributed by atoms with Gasteiger partial charge in [-0.2, -0.15) is 0 Å². The molecule has 0 atom stereocenters. The zero-order valence-corrected chi connectivity index (χ0v) is 12.1. The molecule has 0 aliphatic carbocycles. The van der Waals surface area contributed by atoms with Crippen molar-refractivity contribution in [2.24, 2.45) is 0 Å². The standard InChI is InChI=1S/C15H15NO3S/c1-3-20-15(18)13-5-4-10-16(14(13)17)11-6-8-12(19-2)9-7-11/h4-10H,3H2,1-2H3. The average Bonchev–Trinajstić information content (AvgIpc) is 2.48. The molecule has 2 rings (SSSR count). The molecule has 0 amide bonds. The second-order valence-corrected chi connectivity index (χ2v) is 5.25. The lowest BCUT2D eigenvalue weighted by atomic mass is 10.2. The van der Waals surface area contributed by atoms with Gasteiger partial charge in [-0.25, -0.2) is 0 Å². The lowest BCUT2D eigenvalue weighted by molar-refractivity contribution is 0.108. The van der Waals surface area contributed by atoms with Crippen LogP contribution in [-0.4, -0.2) is 22.5 Å². The number of benzene rings is 1. The first-order valence-corrected chi connectivity index (χ1v) is 7.19. The van der Waals surface area contributed by atoms with Crippen LogP contribution in [0.5, 0.6) is 5.75 Å². The first-order chi connectivity index (χ1) is 9.67. The highest BCUT2D eigenvalue weighted by Gasteiger charge is 2.12. The van der Waals surface area contributed by atoms with Gasteiger partial charge in [-0.3, -0.25) is 14.2 Å². The lowest BCUT2D eigenvalue weighted by Gasteiger charge is -2.08. The summed E-state index contributed by atoms with van der Waals surface area (Å²) in [6.45, 7) is 1.88. The van der Waals surface area contributed by atoms with E-state index in [2.05, 4.69) is 0 Å². The van der Waals surface area contributed by atoms with Crippen molar-refractivity contribution >= 4 is 16.9 Å². The van der Waals surface area contributed by atoms with Gasteiger partial charge >= 0.3 is 0 Å². The maximum Gasteiger partial charge on any atom is 0.266 e. The number of aromatic nitrogens is 1. The van der Waals surface area contributed by atoms with Crippen molar-refractivity contribution in [3.63, 3.8) is 0 Å². The summed E-state index contributed by atoms with van der Waals surface area (Å²) in [4.78, 5) is 24.2. The molecule has 1 aromatic heterocycles.